The van der Waals surface area contributed by atoms with Crippen LogP contribution in [0, 0.1) is 0 Å². The highest BCUT2D eigenvalue weighted by molar-refractivity contribution is 7.92. The number of allylic oxidation sites excluding steroid dienone is 5. The average molecular weight is 241 g/mol. The first kappa shape index (κ1) is 12.9. The molecule has 0 aromatic heterocycles. The number of hydrogen-bond acceptors (Lipinski definition) is 2. The van der Waals surface area contributed by atoms with Crippen LogP contribution < -0.4 is 0 Å². The Morgan fingerprint density at radius 2 is 1.88 bits per heavy atom. The molecule has 1 aliphatic carbocycles. The lowest BCUT2D eigenvalue weighted by molar-refractivity contribution is -0.417. The van der Waals surface area contributed by atoms with Gasteiger partial charge in [0.1, 0.15) is 0 Å². The van der Waals surface area contributed by atoms with Crippen LogP contribution in [0.15, 0.2) is 36.0 Å². The average Bonchev–Trinajstić information content (AvgIpc) is 2.30. The molecule has 0 unspecified atom stereocenters. The Bertz CT molecular complexity index is 446. The lowest BCUT2D eigenvalue weighted by Crippen LogP contribution is -2.17. The van der Waals surface area contributed by atoms with Gasteiger partial charge in [-0.15, -0.1) is 0 Å². The summed E-state index contributed by atoms with van der Waals surface area (Å²) in [6.45, 7) is 3.36. The van der Waals surface area contributed by atoms with E-state index in [4.69, 9.17) is 4.42 Å². The fourth-order valence-electron chi connectivity index (χ4n) is 1.35. The molecule has 1 rings (SSSR count). The van der Waals surface area contributed by atoms with E-state index in [9.17, 15) is 8.42 Å². The van der Waals surface area contributed by atoms with Crippen LogP contribution in [0.5, 0.6) is 0 Å². The molecule has 3 nitrogen and oxygen atoms in total. The number of sulfone groups is 1. The fraction of sp³-hybridized carbons (Fsp3) is 0.417. The fourth-order valence-corrected chi connectivity index (χ4v) is 2.24. The van der Waals surface area contributed by atoms with Gasteiger partial charge in [-0.05, 0) is 24.6 Å². The summed E-state index contributed by atoms with van der Waals surface area (Å²) in [4.78, 5) is 0. The largest absolute Gasteiger partial charge is 0.343 e. The zero-order valence-electron chi connectivity index (χ0n) is 9.80. The molecule has 88 valence electrons. The predicted molar refractivity (Wildman–Crippen MR) is 66.2 cm³/mol. The lowest BCUT2D eigenvalue weighted by atomic mass is 10.1. The second-order valence-electron chi connectivity index (χ2n) is 3.60. The molecular formula is C12H17O3S+. The summed E-state index contributed by atoms with van der Waals surface area (Å²) in [7, 11) is -1.40. The summed E-state index contributed by atoms with van der Waals surface area (Å²) in [5.41, 5.74) is 0.894. The maximum absolute atomic E-state index is 11.6. The van der Waals surface area contributed by atoms with Gasteiger partial charge in [-0.2, -0.15) is 0 Å². The van der Waals surface area contributed by atoms with Crippen LogP contribution in [0.2, 0.25) is 0 Å². The number of ketones is 1. The molecule has 0 radical (unpaired) electrons. The van der Waals surface area contributed by atoms with E-state index < -0.39 is 15.1 Å². The summed E-state index contributed by atoms with van der Waals surface area (Å²) in [6.07, 6.45) is 9.08. The molecule has 0 aromatic carbocycles. The molecular weight excluding hydrogens is 224 g/mol. The van der Waals surface area contributed by atoms with Crippen molar-refractivity contribution in [3.8, 4) is 0 Å². The van der Waals surface area contributed by atoms with Crippen molar-refractivity contribution in [3.05, 3.63) is 36.0 Å². The minimum absolute atomic E-state index is 0.167. The third kappa shape index (κ3) is 3.17. The first-order chi connectivity index (χ1) is 7.49. The zero-order chi connectivity index (χ0) is 12.2. The Morgan fingerprint density at radius 1 is 1.31 bits per heavy atom. The molecule has 0 aliphatic heterocycles. The molecule has 0 spiro atoms. The van der Waals surface area contributed by atoms with Gasteiger partial charge in [0.2, 0.25) is 0 Å². The molecule has 0 saturated carbocycles. The third-order valence-electron chi connectivity index (χ3n) is 2.51. The molecule has 0 heterocycles. The van der Waals surface area contributed by atoms with Gasteiger partial charge < -0.3 is 0 Å². The second kappa shape index (κ2) is 5.25. The van der Waals surface area contributed by atoms with E-state index in [1.165, 1.54) is 0 Å². The van der Waals surface area contributed by atoms with E-state index in [2.05, 4.69) is 0 Å². The summed E-state index contributed by atoms with van der Waals surface area (Å²) >= 11 is 0. The Balaban J connectivity index is 2.86. The SMILES string of the molecule is CCS(=O)(=O)[C@H](C)C=C1C=CC(=[O+]C)C=C1. The van der Waals surface area contributed by atoms with E-state index in [0.717, 1.165) is 11.4 Å². The van der Waals surface area contributed by atoms with Gasteiger partial charge >= 0.3 is 5.78 Å². The van der Waals surface area contributed by atoms with Crippen LogP contribution in [0.1, 0.15) is 13.8 Å². The molecule has 0 bridgehead atoms. The van der Waals surface area contributed by atoms with Gasteiger partial charge in [0.05, 0.1) is 5.25 Å². The van der Waals surface area contributed by atoms with Crippen molar-refractivity contribution in [2.45, 2.75) is 19.1 Å². The van der Waals surface area contributed by atoms with Crippen molar-refractivity contribution in [2.75, 3.05) is 12.9 Å². The van der Waals surface area contributed by atoms with Crippen molar-refractivity contribution in [2.24, 2.45) is 0 Å². The number of rotatable bonds is 3. The molecule has 4 heteroatoms. The van der Waals surface area contributed by atoms with Crippen LogP contribution in [0.4, 0.5) is 0 Å². The van der Waals surface area contributed by atoms with Crippen LogP contribution in [-0.4, -0.2) is 32.3 Å². The van der Waals surface area contributed by atoms with Crippen molar-refractivity contribution in [1.29, 1.82) is 0 Å². The van der Waals surface area contributed by atoms with Crippen LogP contribution in [0.25, 0.3) is 0 Å². The Morgan fingerprint density at radius 3 is 2.31 bits per heavy atom. The summed E-state index contributed by atoms with van der Waals surface area (Å²) in [5.74, 6) is 0.934. The molecule has 16 heavy (non-hydrogen) atoms. The van der Waals surface area contributed by atoms with Crippen molar-refractivity contribution >= 4 is 15.6 Å². The van der Waals surface area contributed by atoms with Crippen LogP contribution in [0.3, 0.4) is 0 Å². The number of hydrogen-bond donors (Lipinski definition) is 0. The minimum atomic E-state index is -3.00. The van der Waals surface area contributed by atoms with Crippen LogP contribution in [-0.2, 0) is 14.3 Å². The van der Waals surface area contributed by atoms with Crippen molar-refractivity contribution in [3.63, 3.8) is 0 Å². The molecule has 1 aliphatic rings. The van der Waals surface area contributed by atoms with Gasteiger partial charge in [-0.1, -0.05) is 13.0 Å². The zero-order valence-corrected chi connectivity index (χ0v) is 10.6. The maximum atomic E-state index is 11.6. The smallest absolute Gasteiger partial charge is 0.258 e. The minimum Gasteiger partial charge on any atom is -0.258 e. The summed E-state index contributed by atoms with van der Waals surface area (Å²) in [5, 5.41) is -0.453. The van der Waals surface area contributed by atoms with E-state index in [-0.39, 0.29) is 5.75 Å². The van der Waals surface area contributed by atoms with Crippen molar-refractivity contribution < 1.29 is 12.8 Å². The van der Waals surface area contributed by atoms with Gasteiger partial charge in [0, 0.05) is 17.9 Å². The second-order valence-corrected chi connectivity index (χ2v) is 6.24. The monoisotopic (exact) mass is 241 g/mol. The summed E-state index contributed by atoms with van der Waals surface area (Å²) < 4.78 is 28.2. The van der Waals surface area contributed by atoms with E-state index in [1.54, 1.807) is 27.0 Å². The number of carbonyl (C=O) groups excluding carboxylic acids is 1. The van der Waals surface area contributed by atoms with Gasteiger partial charge in [-0.3, -0.25) is 4.42 Å². The normalized spacial score (nSPS) is 17.4. The highest BCUT2D eigenvalue weighted by atomic mass is 32.2. The first-order valence-electron chi connectivity index (χ1n) is 5.20. The van der Waals surface area contributed by atoms with Gasteiger partial charge in [0.25, 0.3) is 7.11 Å². The third-order valence-corrected chi connectivity index (χ3v) is 4.59. The molecule has 1 atom stereocenters. The topological polar surface area (TPSA) is 45.4 Å². The van der Waals surface area contributed by atoms with Crippen molar-refractivity contribution in [1.82, 2.24) is 0 Å². The predicted octanol–water partition coefficient (Wildman–Crippen LogP) is 1.60. The maximum Gasteiger partial charge on any atom is 0.343 e. The van der Waals surface area contributed by atoms with E-state index in [0.29, 0.717) is 0 Å². The van der Waals surface area contributed by atoms with Crippen LogP contribution >= 0.6 is 0 Å². The molecule has 0 N–H and O–H groups in total. The van der Waals surface area contributed by atoms with E-state index in [1.807, 2.05) is 24.3 Å². The van der Waals surface area contributed by atoms with E-state index >= 15 is 0 Å². The Labute approximate surface area is 96.8 Å². The highest BCUT2D eigenvalue weighted by Crippen LogP contribution is 2.12. The quantitative estimate of drug-likeness (QED) is 0.704. The highest BCUT2D eigenvalue weighted by Gasteiger charge is 2.16. The lowest BCUT2D eigenvalue weighted by Gasteiger charge is -2.07. The standard InChI is InChI=1S/C12H17O3S/c1-4-16(13,14)10(2)9-11-5-7-12(15-3)8-6-11/h5-10H,4H2,1-3H3/q+1/t10-/m1/s1. The van der Waals surface area contributed by atoms with Gasteiger partial charge in [-0.25, -0.2) is 8.42 Å². The Hall–Kier alpha value is -1.16. The molecule has 0 amide bonds. The van der Waals surface area contributed by atoms with Gasteiger partial charge in [0.15, 0.2) is 9.84 Å². The molecule has 0 saturated heterocycles. The Kier molecular flexibility index (Phi) is 4.24. The molecule has 0 fully saturated rings. The first-order valence-corrected chi connectivity index (χ1v) is 6.91. The summed E-state index contributed by atoms with van der Waals surface area (Å²) in [6, 6.07) is 0. The molecule has 0 aromatic rings.